The molecule has 2 rings (SSSR count). The molecule has 1 aromatic carbocycles. The number of carbonyl (C=O) groups is 1. The van der Waals surface area contributed by atoms with E-state index in [1.54, 1.807) is 0 Å². The van der Waals surface area contributed by atoms with Crippen LogP contribution in [0.4, 0.5) is 0 Å². The minimum absolute atomic E-state index is 0.0414. The molecule has 0 heterocycles. The van der Waals surface area contributed by atoms with E-state index in [2.05, 4.69) is 6.07 Å². The molecule has 1 fully saturated rings. The molecule has 0 radical (unpaired) electrons. The van der Waals surface area contributed by atoms with Crippen LogP contribution in [0.3, 0.4) is 0 Å². The summed E-state index contributed by atoms with van der Waals surface area (Å²) in [6.45, 7) is 1.99. The van der Waals surface area contributed by atoms with Crippen LogP contribution in [-0.4, -0.2) is 6.29 Å². The fourth-order valence-corrected chi connectivity index (χ4v) is 1.84. The predicted molar refractivity (Wildman–Crippen MR) is 57.6 cm³/mol. The van der Waals surface area contributed by atoms with Gasteiger partial charge in [0.15, 0.2) is 0 Å². The van der Waals surface area contributed by atoms with E-state index >= 15 is 0 Å². The summed E-state index contributed by atoms with van der Waals surface area (Å²) in [4.78, 5) is 10.8. The van der Waals surface area contributed by atoms with Gasteiger partial charge in [0, 0.05) is 10.4 Å². The predicted octanol–water partition coefficient (Wildman–Crippen LogP) is 3.17. The van der Waals surface area contributed by atoms with Crippen molar-refractivity contribution in [1.82, 2.24) is 0 Å². The van der Waals surface area contributed by atoms with Crippen LogP contribution in [0.5, 0.6) is 0 Å². The summed E-state index contributed by atoms with van der Waals surface area (Å²) in [5.74, 6) is 0. The zero-order valence-corrected chi connectivity index (χ0v) is 8.97. The maximum atomic E-state index is 10.8. The Balaban J connectivity index is 2.17. The average molecular weight is 209 g/mol. The zero-order valence-electron chi connectivity index (χ0n) is 8.22. The summed E-state index contributed by atoms with van der Waals surface area (Å²) < 4.78 is 0. The van der Waals surface area contributed by atoms with E-state index in [-0.39, 0.29) is 5.41 Å². The third-order valence-electron chi connectivity index (χ3n) is 2.92. The van der Waals surface area contributed by atoms with Gasteiger partial charge in [0.25, 0.3) is 0 Å². The minimum atomic E-state index is -0.0414. The van der Waals surface area contributed by atoms with Crippen molar-refractivity contribution in [1.29, 1.82) is 0 Å². The van der Waals surface area contributed by atoms with E-state index in [9.17, 15) is 4.79 Å². The molecule has 1 aromatic rings. The molecule has 1 saturated carbocycles. The normalized spacial score (nSPS) is 17.9. The molecule has 74 valence electrons. The van der Waals surface area contributed by atoms with Crippen molar-refractivity contribution in [3.8, 4) is 0 Å². The molecule has 1 aliphatic carbocycles. The maximum Gasteiger partial charge on any atom is 0.126 e. The first-order valence-corrected chi connectivity index (χ1v) is 5.24. The number of rotatable bonds is 3. The fourth-order valence-electron chi connectivity index (χ4n) is 1.72. The second-order valence-electron chi connectivity index (χ2n) is 4.24. The summed E-state index contributed by atoms with van der Waals surface area (Å²) in [5.41, 5.74) is 2.27. The second-order valence-corrected chi connectivity index (χ2v) is 4.65. The lowest BCUT2D eigenvalue weighted by atomic mass is 9.97. The lowest BCUT2D eigenvalue weighted by molar-refractivity contribution is -0.112. The van der Waals surface area contributed by atoms with E-state index in [0.29, 0.717) is 0 Å². The third-order valence-corrected chi connectivity index (χ3v) is 3.34. The minimum Gasteiger partial charge on any atom is -0.303 e. The molecule has 14 heavy (non-hydrogen) atoms. The number of hydrogen-bond acceptors (Lipinski definition) is 1. The van der Waals surface area contributed by atoms with Gasteiger partial charge < -0.3 is 4.79 Å². The Hall–Kier alpha value is -0.820. The molecular weight excluding hydrogens is 196 g/mol. The lowest BCUT2D eigenvalue weighted by Crippen LogP contribution is -2.06. The van der Waals surface area contributed by atoms with Gasteiger partial charge >= 0.3 is 0 Å². The number of benzene rings is 1. The van der Waals surface area contributed by atoms with Crippen molar-refractivity contribution in [3.63, 3.8) is 0 Å². The van der Waals surface area contributed by atoms with Gasteiger partial charge in [-0.1, -0.05) is 23.7 Å². The van der Waals surface area contributed by atoms with E-state index in [0.717, 1.165) is 36.1 Å². The summed E-state index contributed by atoms with van der Waals surface area (Å²) in [6.07, 6.45) is 4.06. The van der Waals surface area contributed by atoms with Gasteiger partial charge in [-0.3, -0.25) is 0 Å². The zero-order chi connectivity index (χ0) is 10.2. The summed E-state index contributed by atoms with van der Waals surface area (Å²) in [5, 5.41) is 0.796. The number of halogens is 1. The van der Waals surface area contributed by atoms with Gasteiger partial charge in [-0.05, 0) is 43.4 Å². The molecule has 0 aromatic heterocycles. The first kappa shape index (κ1) is 9.72. The van der Waals surface area contributed by atoms with Crippen molar-refractivity contribution in [2.75, 3.05) is 0 Å². The molecule has 0 bridgehead atoms. The van der Waals surface area contributed by atoms with Crippen molar-refractivity contribution in [2.45, 2.75) is 26.2 Å². The molecular formula is C12H13ClO. The lowest BCUT2D eigenvalue weighted by Gasteiger charge is -2.08. The first-order chi connectivity index (χ1) is 6.65. The van der Waals surface area contributed by atoms with Crippen LogP contribution < -0.4 is 0 Å². The number of carbonyl (C=O) groups excluding carboxylic acids is 1. The quantitative estimate of drug-likeness (QED) is 0.698. The molecule has 1 nitrogen and oxygen atoms in total. The van der Waals surface area contributed by atoms with Gasteiger partial charge in [-0.25, -0.2) is 0 Å². The smallest absolute Gasteiger partial charge is 0.126 e. The van der Waals surface area contributed by atoms with Crippen molar-refractivity contribution in [2.24, 2.45) is 5.41 Å². The molecule has 2 heteroatoms. The average Bonchev–Trinajstić information content (AvgIpc) is 2.93. The van der Waals surface area contributed by atoms with Gasteiger partial charge in [0.1, 0.15) is 6.29 Å². The molecule has 0 saturated heterocycles. The number of hydrogen-bond donors (Lipinski definition) is 0. The highest BCUT2D eigenvalue weighted by Gasteiger charge is 2.42. The topological polar surface area (TPSA) is 17.1 Å². The van der Waals surface area contributed by atoms with Gasteiger partial charge in [0.05, 0.1) is 0 Å². The Morgan fingerprint density at radius 2 is 2.21 bits per heavy atom. The van der Waals surface area contributed by atoms with Gasteiger partial charge in [-0.2, -0.15) is 0 Å². The molecule has 0 amide bonds. The van der Waals surface area contributed by atoms with Crippen LogP contribution in [0.15, 0.2) is 18.2 Å². The monoisotopic (exact) mass is 208 g/mol. The largest absolute Gasteiger partial charge is 0.303 e. The van der Waals surface area contributed by atoms with E-state index in [4.69, 9.17) is 11.6 Å². The SMILES string of the molecule is Cc1cc(CC2(C=O)CC2)ccc1Cl. The number of aldehydes is 1. The van der Waals surface area contributed by atoms with Gasteiger partial charge in [0.2, 0.25) is 0 Å². The Bertz CT molecular complexity index is 367. The highest BCUT2D eigenvalue weighted by molar-refractivity contribution is 6.31. The third kappa shape index (κ3) is 1.83. The summed E-state index contributed by atoms with van der Waals surface area (Å²) >= 11 is 5.93. The Labute approximate surface area is 89.1 Å². The number of aryl methyl sites for hydroxylation is 1. The maximum absolute atomic E-state index is 10.8. The molecule has 0 atom stereocenters. The van der Waals surface area contributed by atoms with E-state index in [1.807, 2.05) is 19.1 Å². The van der Waals surface area contributed by atoms with Crippen LogP contribution >= 0.6 is 11.6 Å². The molecule has 0 unspecified atom stereocenters. The van der Waals surface area contributed by atoms with Crippen LogP contribution in [-0.2, 0) is 11.2 Å². The van der Waals surface area contributed by atoms with E-state index < -0.39 is 0 Å². The summed E-state index contributed by atoms with van der Waals surface area (Å²) in [7, 11) is 0. The summed E-state index contributed by atoms with van der Waals surface area (Å²) in [6, 6.07) is 6.00. The van der Waals surface area contributed by atoms with Crippen molar-refractivity contribution in [3.05, 3.63) is 34.3 Å². The van der Waals surface area contributed by atoms with Crippen LogP contribution in [0.2, 0.25) is 5.02 Å². The molecule has 1 aliphatic rings. The molecule has 0 aliphatic heterocycles. The van der Waals surface area contributed by atoms with Gasteiger partial charge in [-0.15, -0.1) is 0 Å². The highest BCUT2D eigenvalue weighted by Crippen LogP contribution is 2.46. The second kappa shape index (κ2) is 3.39. The molecule has 0 N–H and O–H groups in total. The highest BCUT2D eigenvalue weighted by atomic mass is 35.5. The van der Waals surface area contributed by atoms with Crippen LogP contribution in [0.25, 0.3) is 0 Å². The Kier molecular flexibility index (Phi) is 2.36. The first-order valence-electron chi connectivity index (χ1n) is 4.87. The standard InChI is InChI=1S/C12H13ClO/c1-9-6-10(2-3-11(9)13)7-12(8-14)4-5-12/h2-3,6,8H,4-5,7H2,1H3. The molecule has 0 spiro atoms. The van der Waals surface area contributed by atoms with Crippen LogP contribution in [0.1, 0.15) is 24.0 Å². The van der Waals surface area contributed by atoms with Crippen molar-refractivity contribution >= 4 is 17.9 Å². The van der Waals surface area contributed by atoms with E-state index in [1.165, 1.54) is 5.56 Å². The fraction of sp³-hybridized carbons (Fsp3) is 0.417. The Morgan fingerprint density at radius 1 is 1.50 bits per heavy atom. The Morgan fingerprint density at radius 3 is 2.71 bits per heavy atom. The van der Waals surface area contributed by atoms with Crippen molar-refractivity contribution < 1.29 is 4.79 Å². The van der Waals surface area contributed by atoms with Crippen LogP contribution in [0, 0.1) is 12.3 Å².